The van der Waals surface area contributed by atoms with Gasteiger partial charge in [-0.05, 0) is 43.1 Å². The number of aromatic nitrogens is 1. The number of nitrogens with zero attached hydrogens (tertiary/aromatic N) is 1. The number of hydrogen-bond donors (Lipinski definition) is 4. The number of hydrogen-bond acceptors (Lipinski definition) is 7. The van der Waals surface area contributed by atoms with Crippen molar-refractivity contribution in [2.75, 3.05) is 36.8 Å². The Morgan fingerprint density at radius 1 is 0.972 bits per heavy atom. The van der Waals surface area contributed by atoms with Crippen LogP contribution in [-0.4, -0.2) is 48.2 Å². The number of ketones is 1. The predicted octanol–water partition coefficient (Wildman–Crippen LogP) is 4.82. The SMILES string of the molecule is O=C(O)CNc1cc(NCCNCCCc2ccc(Cl)cc2)c2noc3c2c1C(=O)c1ccccc1-3. The van der Waals surface area contributed by atoms with Crippen LogP contribution < -0.4 is 16.0 Å². The number of benzene rings is 3. The average Bonchev–Trinajstić information content (AvgIpc) is 3.32. The Morgan fingerprint density at radius 3 is 2.53 bits per heavy atom. The van der Waals surface area contributed by atoms with Crippen molar-refractivity contribution in [2.45, 2.75) is 12.8 Å². The normalized spacial score (nSPS) is 12.0. The Hall–Kier alpha value is -3.88. The van der Waals surface area contributed by atoms with Crippen molar-refractivity contribution in [1.29, 1.82) is 0 Å². The van der Waals surface area contributed by atoms with Crippen molar-refractivity contribution in [3.63, 3.8) is 0 Å². The summed E-state index contributed by atoms with van der Waals surface area (Å²) < 4.78 is 5.69. The van der Waals surface area contributed by atoms with E-state index >= 15 is 0 Å². The van der Waals surface area contributed by atoms with Crippen LogP contribution in [0, 0.1) is 0 Å². The number of aryl methyl sites for hydroxylation is 1. The maximum Gasteiger partial charge on any atom is 0.322 e. The van der Waals surface area contributed by atoms with Crippen molar-refractivity contribution in [3.05, 3.63) is 76.3 Å². The maximum absolute atomic E-state index is 13.4. The number of aliphatic carboxylic acids is 1. The van der Waals surface area contributed by atoms with Crippen LogP contribution in [0.4, 0.5) is 11.4 Å². The molecule has 1 aliphatic carbocycles. The second-order valence-corrected chi connectivity index (χ2v) is 9.05. The van der Waals surface area contributed by atoms with E-state index in [1.807, 2.05) is 36.4 Å². The first-order valence-electron chi connectivity index (χ1n) is 11.8. The standard InChI is InChI=1S/C27H25ClN4O4/c28-17-9-7-16(8-10-17)4-3-11-29-12-13-30-21-14-20(31-15-22(33)34)23-24-25(21)32-36-27(24)19-6-2-1-5-18(19)26(23)35/h1-2,5-10,14,29-31H,3-4,11-13,15H2,(H,33,34). The fourth-order valence-corrected chi connectivity index (χ4v) is 4.61. The van der Waals surface area contributed by atoms with Gasteiger partial charge >= 0.3 is 5.97 Å². The molecule has 184 valence electrons. The summed E-state index contributed by atoms with van der Waals surface area (Å²) in [6.07, 6.45) is 1.97. The summed E-state index contributed by atoms with van der Waals surface area (Å²) >= 11 is 5.93. The quantitative estimate of drug-likeness (QED) is 0.189. The minimum atomic E-state index is -1.02. The van der Waals surface area contributed by atoms with Crippen molar-refractivity contribution < 1.29 is 19.2 Å². The van der Waals surface area contributed by atoms with Gasteiger partial charge in [0.15, 0.2) is 11.5 Å². The highest BCUT2D eigenvalue weighted by molar-refractivity contribution is 6.30. The third-order valence-electron chi connectivity index (χ3n) is 6.18. The van der Waals surface area contributed by atoms with E-state index in [1.165, 1.54) is 5.56 Å². The molecule has 0 saturated heterocycles. The molecule has 0 saturated carbocycles. The number of nitrogens with one attached hydrogen (secondary N) is 3. The molecule has 1 aromatic heterocycles. The lowest BCUT2D eigenvalue weighted by molar-refractivity contribution is -0.134. The molecule has 36 heavy (non-hydrogen) atoms. The fraction of sp³-hybridized carbons (Fsp3) is 0.222. The number of carbonyl (C=O) groups is 2. The van der Waals surface area contributed by atoms with Gasteiger partial charge in [-0.15, -0.1) is 0 Å². The highest BCUT2D eigenvalue weighted by atomic mass is 35.5. The summed E-state index contributed by atoms with van der Waals surface area (Å²) in [5, 5.41) is 24.5. The summed E-state index contributed by atoms with van der Waals surface area (Å²) in [4.78, 5) is 24.6. The minimum absolute atomic E-state index is 0.187. The summed E-state index contributed by atoms with van der Waals surface area (Å²) in [7, 11) is 0. The number of rotatable bonds is 11. The number of fused-ring (bicyclic) bond motifs is 2. The van der Waals surface area contributed by atoms with E-state index in [0.29, 0.717) is 57.8 Å². The molecule has 4 N–H and O–H groups in total. The van der Waals surface area contributed by atoms with Crippen molar-refractivity contribution in [2.24, 2.45) is 0 Å². The monoisotopic (exact) mass is 504 g/mol. The summed E-state index contributed by atoms with van der Waals surface area (Å²) in [6.45, 7) is 1.88. The average molecular weight is 505 g/mol. The molecule has 1 heterocycles. The highest BCUT2D eigenvalue weighted by Gasteiger charge is 2.32. The fourth-order valence-electron chi connectivity index (χ4n) is 4.48. The lowest BCUT2D eigenvalue weighted by atomic mass is 9.86. The second-order valence-electron chi connectivity index (χ2n) is 8.61. The van der Waals surface area contributed by atoms with Crippen LogP contribution in [0.2, 0.25) is 5.02 Å². The van der Waals surface area contributed by atoms with Crippen LogP contribution in [0.5, 0.6) is 0 Å². The molecule has 0 atom stereocenters. The zero-order valence-corrected chi connectivity index (χ0v) is 20.2. The molecule has 0 unspecified atom stereocenters. The zero-order valence-electron chi connectivity index (χ0n) is 19.4. The first-order chi connectivity index (χ1) is 17.5. The number of anilines is 2. The molecule has 4 aromatic rings. The molecule has 9 heteroatoms. The third kappa shape index (κ3) is 4.78. The van der Waals surface area contributed by atoms with Gasteiger partial charge in [0, 0.05) is 34.9 Å². The summed E-state index contributed by atoms with van der Waals surface area (Å²) in [6, 6.07) is 16.8. The van der Waals surface area contributed by atoms with E-state index in [1.54, 1.807) is 18.2 Å². The largest absolute Gasteiger partial charge is 0.480 e. The second kappa shape index (κ2) is 10.4. The molecule has 0 fully saturated rings. The summed E-state index contributed by atoms with van der Waals surface area (Å²) in [5.74, 6) is -0.695. The number of carboxylic acids is 1. The van der Waals surface area contributed by atoms with Gasteiger partial charge in [0.1, 0.15) is 12.1 Å². The minimum Gasteiger partial charge on any atom is -0.480 e. The molecule has 5 rings (SSSR count). The van der Waals surface area contributed by atoms with Gasteiger partial charge in [-0.3, -0.25) is 9.59 Å². The van der Waals surface area contributed by atoms with Crippen LogP contribution in [0.3, 0.4) is 0 Å². The molecular weight excluding hydrogens is 480 g/mol. The van der Waals surface area contributed by atoms with Gasteiger partial charge < -0.3 is 25.6 Å². The van der Waals surface area contributed by atoms with Crippen LogP contribution in [0.15, 0.2) is 59.1 Å². The topological polar surface area (TPSA) is 116 Å². The zero-order chi connectivity index (χ0) is 25.1. The Balaban J connectivity index is 1.30. The lowest BCUT2D eigenvalue weighted by Gasteiger charge is -2.19. The van der Waals surface area contributed by atoms with Gasteiger partial charge in [0.25, 0.3) is 0 Å². The molecule has 8 nitrogen and oxygen atoms in total. The van der Waals surface area contributed by atoms with Gasteiger partial charge in [0.05, 0.1) is 16.6 Å². The Bertz CT molecular complexity index is 1430. The molecule has 0 amide bonds. The lowest BCUT2D eigenvalue weighted by Crippen LogP contribution is -2.24. The van der Waals surface area contributed by atoms with Crippen LogP contribution >= 0.6 is 11.6 Å². The Kier molecular flexibility index (Phi) is 6.88. The van der Waals surface area contributed by atoms with E-state index in [2.05, 4.69) is 21.1 Å². The van der Waals surface area contributed by atoms with Crippen molar-refractivity contribution in [3.8, 4) is 11.3 Å². The molecule has 3 aromatic carbocycles. The van der Waals surface area contributed by atoms with Crippen molar-refractivity contribution >= 4 is 45.6 Å². The van der Waals surface area contributed by atoms with Gasteiger partial charge in [-0.25, -0.2) is 0 Å². The Labute approximate surface area is 212 Å². The molecular formula is C27H25ClN4O4. The molecule has 0 radical (unpaired) electrons. The predicted molar refractivity (Wildman–Crippen MR) is 140 cm³/mol. The first kappa shape index (κ1) is 23.8. The number of carboxylic acid groups (broad SMARTS) is 1. The highest BCUT2D eigenvalue weighted by Crippen LogP contribution is 2.44. The molecule has 1 aliphatic rings. The van der Waals surface area contributed by atoms with E-state index in [-0.39, 0.29) is 12.3 Å². The van der Waals surface area contributed by atoms with E-state index in [0.717, 1.165) is 24.4 Å². The Morgan fingerprint density at radius 2 is 1.75 bits per heavy atom. The molecule has 0 bridgehead atoms. The number of halogens is 1. The maximum atomic E-state index is 13.4. The van der Waals surface area contributed by atoms with Gasteiger partial charge in [-0.2, -0.15) is 0 Å². The van der Waals surface area contributed by atoms with E-state index < -0.39 is 5.97 Å². The van der Waals surface area contributed by atoms with Gasteiger partial charge in [-0.1, -0.05) is 53.2 Å². The summed E-state index contributed by atoms with van der Waals surface area (Å²) in [5.41, 5.74) is 4.48. The number of carbonyl (C=O) groups excluding carboxylic acids is 1. The van der Waals surface area contributed by atoms with Gasteiger partial charge in [0.2, 0.25) is 0 Å². The van der Waals surface area contributed by atoms with Crippen LogP contribution in [0.1, 0.15) is 27.9 Å². The van der Waals surface area contributed by atoms with E-state index in [9.17, 15) is 14.7 Å². The van der Waals surface area contributed by atoms with Crippen LogP contribution in [0.25, 0.3) is 22.2 Å². The molecule has 0 spiro atoms. The molecule has 0 aliphatic heterocycles. The van der Waals surface area contributed by atoms with Crippen molar-refractivity contribution in [1.82, 2.24) is 10.5 Å². The first-order valence-corrected chi connectivity index (χ1v) is 12.2. The smallest absolute Gasteiger partial charge is 0.322 e. The van der Waals surface area contributed by atoms with Crippen LogP contribution in [-0.2, 0) is 11.2 Å². The van der Waals surface area contributed by atoms with E-state index in [4.69, 9.17) is 16.1 Å². The third-order valence-corrected chi connectivity index (χ3v) is 6.43.